The lowest BCUT2D eigenvalue weighted by Gasteiger charge is -2.16. The molecule has 8 heteroatoms. The molecule has 0 aliphatic carbocycles. The minimum atomic E-state index is -1.20. The average Bonchev–Trinajstić information content (AvgIpc) is 2.87. The molecule has 0 radical (unpaired) electrons. The molecule has 1 aromatic rings. The number of nitrogens with zero attached hydrogens (tertiary/aromatic N) is 1. The third-order valence-electron chi connectivity index (χ3n) is 4.52. The minimum Gasteiger partial charge on any atom is -0.427 e. The van der Waals surface area contributed by atoms with Gasteiger partial charge in [-0.2, -0.15) is 0 Å². The molecule has 2 atom stereocenters. The predicted octanol–water partition coefficient (Wildman–Crippen LogP) is 1.60. The van der Waals surface area contributed by atoms with Crippen LogP contribution in [0.1, 0.15) is 18.4 Å². The van der Waals surface area contributed by atoms with Crippen molar-refractivity contribution < 1.29 is 10.0 Å². The Morgan fingerprint density at radius 1 is 1.25 bits per heavy atom. The van der Waals surface area contributed by atoms with Gasteiger partial charge in [0, 0.05) is 38.8 Å². The van der Waals surface area contributed by atoms with Crippen LogP contribution in [0.4, 0.5) is 0 Å². The summed E-state index contributed by atoms with van der Waals surface area (Å²) in [6, 6.07) is 5.84. The van der Waals surface area contributed by atoms with Gasteiger partial charge in [-0.25, -0.2) is 0 Å². The Labute approximate surface area is 154 Å². The second-order valence-corrected chi connectivity index (χ2v) is 7.33. The number of nitrogens with one attached hydrogen (secondary N) is 1. The summed E-state index contributed by atoms with van der Waals surface area (Å²) in [4.78, 5) is 2.37. The fourth-order valence-electron chi connectivity index (χ4n) is 3.16. The third-order valence-corrected chi connectivity index (χ3v) is 5.26. The smallest absolute Gasteiger partial charge is 0.427 e. The van der Waals surface area contributed by atoms with Crippen molar-refractivity contribution in [3.8, 4) is 0 Å². The Bertz CT molecular complexity index is 522. The zero-order valence-electron chi connectivity index (χ0n) is 13.8. The highest BCUT2D eigenvalue weighted by molar-refractivity contribution is 6.42. The lowest BCUT2D eigenvalue weighted by Crippen LogP contribution is -2.32. The molecule has 5 nitrogen and oxygen atoms in total. The van der Waals surface area contributed by atoms with Crippen molar-refractivity contribution in [2.45, 2.75) is 31.7 Å². The molecular weight excluding hydrogens is 348 g/mol. The molecule has 2 rings (SSSR count). The van der Waals surface area contributed by atoms with Gasteiger partial charge in [0.1, 0.15) is 0 Å². The Hall–Kier alpha value is -0.335. The summed E-state index contributed by atoms with van der Waals surface area (Å²) in [5.41, 5.74) is 7.31. The summed E-state index contributed by atoms with van der Waals surface area (Å²) < 4.78 is 0. The molecule has 1 aliphatic heterocycles. The first-order valence-corrected chi connectivity index (χ1v) is 9.20. The summed E-state index contributed by atoms with van der Waals surface area (Å²) in [6.45, 7) is 4.48. The highest BCUT2D eigenvalue weighted by atomic mass is 35.5. The second kappa shape index (κ2) is 9.97. The van der Waals surface area contributed by atoms with Crippen LogP contribution in [0.3, 0.4) is 0 Å². The number of rotatable bonds is 9. The van der Waals surface area contributed by atoms with Gasteiger partial charge in [-0.05, 0) is 36.4 Å². The van der Waals surface area contributed by atoms with E-state index in [9.17, 15) is 0 Å². The first-order chi connectivity index (χ1) is 11.5. The topological polar surface area (TPSA) is 81.8 Å². The zero-order chi connectivity index (χ0) is 17.5. The zero-order valence-corrected chi connectivity index (χ0v) is 15.3. The number of likely N-dealkylation sites (tertiary alicyclic amines) is 1. The molecule has 24 heavy (non-hydrogen) atoms. The molecule has 0 amide bonds. The van der Waals surface area contributed by atoms with Crippen molar-refractivity contribution in [3.05, 3.63) is 33.8 Å². The lowest BCUT2D eigenvalue weighted by molar-refractivity contribution is 0.317. The maximum absolute atomic E-state index is 8.90. The maximum Gasteiger partial charge on any atom is 0.451 e. The van der Waals surface area contributed by atoms with E-state index in [1.54, 1.807) is 0 Å². The fraction of sp³-hybridized carbons (Fsp3) is 0.625. The number of benzene rings is 1. The molecular formula is C16H26BCl2N3O2. The van der Waals surface area contributed by atoms with E-state index in [0.717, 1.165) is 51.1 Å². The van der Waals surface area contributed by atoms with Crippen LogP contribution in [0.2, 0.25) is 16.4 Å². The minimum absolute atomic E-state index is 0.177. The first-order valence-electron chi connectivity index (χ1n) is 8.44. The monoisotopic (exact) mass is 373 g/mol. The van der Waals surface area contributed by atoms with E-state index in [-0.39, 0.29) is 6.04 Å². The fourth-order valence-corrected chi connectivity index (χ4v) is 3.48. The van der Waals surface area contributed by atoms with Gasteiger partial charge in [0.2, 0.25) is 0 Å². The van der Waals surface area contributed by atoms with E-state index in [1.165, 1.54) is 0 Å². The summed E-state index contributed by atoms with van der Waals surface area (Å²) >= 11 is 11.9. The van der Waals surface area contributed by atoms with Gasteiger partial charge in [-0.3, -0.25) is 0 Å². The molecule has 1 aliphatic rings. The van der Waals surface area contributed by atoms with Gasteiger partial charge in [0.05, 0.1) is 10.0 Å². The lowest BCUT2D eigenvalue weighted by atomic mass is 9.82. The molecule has 5 N–H and O–H groups in total. The Kier molecular flexibility index (Phi) is 8.30. The van der Waals surface area contributed by atoms with E-state index in [2.05, 4.69) is 10.2 Å². The van der Waals surface area contributed by atoms with Crippen molar-refractivity contribution in [1.29, 1.82) is 0 Å². The quantitative estimate of drug-likeness (QED) is 0.390. The van der Waals surface area contributed by atoms with Crippen LogP contribution in [0.25, 0.3) is 0 Å². The second-order valence-electron chi connectivity index (χ2n) is 6.52. The Morgan fingerprint density at radius 2 is 2.04 bits per heavy atom. The number of halogens is 2. The first kappa shape index (κ1) is 20.0. The standard InChI is InChI=1S/C16H26BCl2N3O2/c18-14-4-3-12(8-15(14)19)9-21-6-7-22-10-13(16(20)11-22)2-1-5-17(23)24/h3-4,8,13,16,21,23-24H,1-2,5-7,9-11,20H2/t13-,16-/m0/s1. The van der Waals surface area contributed by atoms with Gasteiger partial charge in [0.15, 0.2) is 0 Å². The summed E-state index contributed by atoms with van der Waals surface area (Å²) in [7, 11) is -1.20. The summed E-state index contributed by atoms with van der Waals surface area (Å²) in [5, 5.41) is 22.4. The molecule has 134 valence electrons. The van der Waals surface area contributed by atoms with Gasteiger partial charge in [-0.15, -0.1) is 0 Å². The van der Waals surface area contributed by atoms with Gasteiger partial charge >= 0.3 is 7.12 Å². The van der Waals surface area contributed by atoms with Crippen LogP contribution in [-0.4, -0.2) is 54.3 Å². The number of hydrogen-bond acceptors (Lipinski definition) is 5. The van der Waals surface area contributed by atoms with Gasteiger partial charge in [0.25, 0.3) is 0 Å². The van der Waals surface area contributed by atoms with Crippen LogP contribution in [-0.2, 0) is 6.54 Å². The Balaban J connectivity index is 1.63. The highest BCUT2D eigenvalue weighted by Crippen LogP contribution is 2.23. The van der Waals surface area contributed by atoms with Crippen LogP contribution in [0, 0.1) is 5.92 Å². The van der Waals surface area contributed by atoms with Crippen LogP contribution in [0.15, 0.2) is 18.2 Å². The van der Waals surface area contributed by atoms with E-state index in [1.807, 2.05) is 18.2 Å². The van der Waals surface area contributed by atoms with E-state index in [4.69, 9.17) is 39.0 Å². The molecule has 1 fully saturated rings. The van der Waals surface area contributed by atoms with Crippen molar-refractivity contribution in [2.24, 2.45) is 11.7 Å². The molecule has 1 aromatic carbocycles. The summed E-state index contributed by atoms with van der Waals surface area (Å²) in [5.74, 6) is 0.443. The molecule has 0 saturated carbocycles. The van der Waals surface area contributed by atoms with Crippen molar-refractivity contribution in [1.82, 2.24) is 10.2 Å². The van der Waals surface area contributed by atoms with Crippen LogP contribution < -0.4 is 11.1 Å². The van der Waals surface area contributed by atoms with Crippen molar-refractivity contribution in [2.75, 3.05) is 26.2 Å². The van der Waals surface area contributed by atoms with E-state index in [0.29, 0.717) is 22.3 Å². The van der Waals surface area contributed by atoms with Crippen molar-refractivity contribution >= 4 is 30.3 Å². The summed E-state index contributed by atoms with van der Waals surface area (Å²) in [6.07, 6.45) is 2.18. The van der Waals surface area contributed by atoms with Gasteiger partial charge in [-0.1, -0.05) is 35.7 Å². The normalized spacial score (nSPS) is 21.4. The van der Waals surface area contributed by atoms with E-state index >= 15 is 0 Å². The predicted molar refractivity (Wildman–Crippen MR) is 100 cm³/mol. The Morgan fingerprint density at radius 3 is 2.75 bits per heavy atom. The molecule has 0 bridgehead atoms. The largest absolute Gasteiger partial charge is 0.451 e. The van der Waals surface area contributed by atoms with Gasteiger partial charge < -0.3 is 26.0 Å². The SMILES string of the molecule is N[C@H]1CN(CCNCc2ccc(Cl)c(Cl)c2)C[C@@H]1CCCB(O)O. The number of nitrogens with two attached hydrogens (primary N) is 1. The molecule has 1 heterocycles. The van der Waals surface area contributed by atoms with Crippen molar-refractivity contribution in [3.63, 3.8) is 0 Å². The maximum atomic E-state index is 8.90. The van der Waals surface area contributed by atoms with Crippen LogP contribution >= 0.6 is 23.2 Å². The number of hydrogen-bond donors (Lipinski definition) is 4. The molecule has 0 aromatic heterocycles. The molecule has 0 spiro atoms. The highest BCUT2D eigenvalue weighted by Gasteiger charge is 2.29. The third kappa shape index (κ3) is 6.52. The molecule has 1 saturated heterocycles. The average molecular weight is 374 g/mol. The van der Waals surface area contributed by atoms with E-state index < -0.39 is 7.12 Å². The van der Waals surface area contributed by atoms with Crippen LogP contribution in [0.5, 0.6) is 0 Å². The molecule has 0 unspecified atom stereocenters.